The summed E-state index contributed by atoms with van der Waals surface area (Å²) >= 11 is 0. The Hall–Kier alpha value is -0.860. The van der Waals surface area contributed by atoms with Gasteiger partial charge in [-0.15, -0.1) is 0 Å². The Morgan fingerprint density at radius 2 is 1.89 bits per heavy atom. The van der Waals surface area contributed by atoms with Crippen molar-refractivity contribution in [3.05, 3.63) is 34.9 Å². The minimum Gasteiger partial charge on any atom is -0.380 e. The van der Waals surface area contributed by atoms with E-state index < -0.39 is 0 Å². The molecule has 0 aromatic heterocycles. The van der Waals surface area contributed by atoms with E-state index in [1.165, 1.54) is 16.7 Å². The van der Waals surface area contributed by atoms with Crippen molar-refractivity contribution in [3.8, 4) is 0 Å². The Labute approximate surface area is 118 Å². The Bertz CT molecular complexity index is 376. The molecular formula is C17H29NO. The first kappa shape index (κ1) is 16.2. The molecule has 0 radical (unpaired) electrons. The summed E-state index contributed by atoms with van der Waals surface area (Å²) in [4.78, 5) is 0. The van der Waals surface area contributed by atoms with E-state index in [0.29, 0.717) is 12.1 Å². The Kier molecular flexibility index (Phi) is 7.11. The summed E-state index contributed by atoms with van der Waals surface area (Å²) in [6.45, 7) is 9.70. The average Bonchev–Trinajstić information content (AvgIpc) is 2.40. The van der Waals surface area contributed by atoms with Gasteiger partial charge in [-0.2, -0.15) is 0 Å². The van der Waals surface area contributed by atoms with Crippen LogP contribution < -0.4 is 5.32 Å². The van der Waals surface area contributed by atoms with Crippen molar-refractivity contribution in [1.29, 1.82) is 0 Å². The SMILES string of the molecule is CCCC(OC)C(Cc1ccc(C)c(C)c1)NCC. The van der Waals surface area contributed by atoms with Gasteiger partial charge in [0.1, 0.15) is 0 Å². The second-order valence-corrected chi connectivity index (χ2v) is 5.35. The number of ether oxygens (including phenoxy) is 1. The van der Waals surface area contributed by atoms with Gasteiger partial charge in [-0.1, -0.05) is 38.5 Å². The molecule has 0 aliphatic rings. The van der Waals surface area contributed by atoms with Crippen LogP contribution in [0, 0.1) is 13.8 Å². The van der Waals surface area contributed by atoms with Crippen molar-refractivity contribution in [2.24, 2.45) is 0 Å². The van der Waals surface area contributed by atoms with Crippen molar-refractivity contribution in [2.75, 3.05) is 13.7 Å². The van der Waals surface area contributed by atoms with Crippen LogP contribution in [0.3, 0.4) is 0 Å². The first-order chi connectivity index (χ1) is 9.12. The maximum Gasteiger partial charge on any atom is 0.0727 e. The molecule has 2 unspecified atom stereocenters. The summed E-state index contributed by atoms with van der Waals surface area (Å²) in [5.74, 6) is 0. The minimum absolute atomic E-state index is 0.298. The minimum atomic E-state index is 0.298. The Balaban J connectivity index is 2.78. The van der Waals surface area contributed by atoms with Crippen molar-refractivity contribution in [2.45, 2.75) is 59.1 Å². The lowest BCUT2D eigenvalue weighted by molar-refractivity contribution is 0.0614. The van der Waals surface area contributed by atoms with Gasteiger partial charge in [0, 0.05) is 13.2 Å². The highest BCUT2D eigenvalue weighted by Gasteiger charge is 2.20. The monoisotopic (exact) mass is 263 g/mol. The predicted molar refractivity (Wildman–Crippen MR) is 82.8 cm³/mol. The third kappa shape index (κ3) is 4.96. The largest absolute Gasteiger partial charge is 0.380 e. The average molecular weight is 263 g/mol. The molecule has 2 heteroatoms. The van der Waals surface area contributed by atoms with E-state index in [-0.39, 0.29) is 0 Å². The lowest BCUT2D eigenvalue weighted by Crippen LogP contribution is -2.42. The summed E-state index contributed by atoms with van der Waals surface area (Å²) in [7, 11) is 1.82. The first-order valence-electron chi connectivity index (χ1n) is 7.44. The van der Waals surface area contributed by atoms with Crippen LogP contribution in [0.4, 0.5) is 0 Å². The van der Waals surface area contributed by atoms with Gasteiger partial charge in [0.2, 0.25) is 0 Å². The number of nitrogens with one attached hydrogen (secondary N) is 1. The van der Waals surface area contributed by atoms with Crippen LogP contribution >= 0.6 is 0 Å². The number of benzene rings is 1. The molecule has 0 aliphatic heterocycles. The van der Waals surface area contributed by atoms with Gasteiger partial charge in [-0.3, -0.25) is 0 Å². The topological polar surface area (TPSA) is 21.3 Å². The van der Waals surface area contributed by atoms with Crippen LogP contribution in [0.15, 0.2) is 18.2 Å². The second kappa shape index (κ2) is 8.34. The zero-order chi connectivity index (χ0) is 14.3. The summed E-state index contributed by atoms with van der Waals surface area (Å²) in [6, 6.07) is 7.16. The van der Waals surface area contributed by atoms with E-state index in [1.807, 2.05) is 7.11 Å². The smallest absolute Gasteiger partial charge is 0.0727 e. The number of hydrogen-bond donors (Lipinski definition) is 1. The summed E-state index contributed by atoms with van der Waals surface area (Å²) < 4.78 is 5.67. The highest BCUT2D eigenvalue weighted by molar-refractivity contribution is 5.30. The van der Waals surface area contributed by atoms with Gasteiger partial charge in [-0.05, 0) is 49.9 Å². The molecule has 1 aromatic rings. The van der Waals surface area contributed by atoms with E-state index >= 15 is 0 Å². The number of rotatable bonds is 8. The predicted octanol–water partition coefficient (Wildman–Crippen LogP) is 3.64. The van der Waals surface area contributed by atoms with Gasteiger partial charge in [-0.25, -0.2) is 0 Å². The highest BCUT2D eigenvalue weighted by atomic mass is 16.5. The summed E-state index contributed by atoms with van der Waals surface area (Å²) in [6.07, 6.45) is 3.60. The summed E-state index contributed by atoms with van der Waals surface area (Å²) in [5, 5.41) is 3.58. The molecule has 0 fully saturated rings. The fourth-order valence-corrected chi connectivity index (χ4v) is 2.55. The lowest BCUT2D eigenvalue weighted by atomic mass is 9.96. The maximum atomic E-state index is 5.67. The zero-order valence-corrected chi connectivity index (χ0v) is 13.1. The molecule has 0 saturated heterocycles. The molecule has 1 aromatic carbocycles. The number of methoxy groups -OCH3 is 1. The zero-order valence-electron chi connectivity index (χ0n) is 13.1. The van der Waals surface area contributed by atoms with E-state index in [4.69, 9.17) is 4.74 Å². The maximum absolute atomic E-state index is 5.67. The number of aryl methyl sites for hydroxylation is 2. The van der Waals surface area contributed by atoms with Crippen LogP contribution in [-0.2, 0) is 11.2 Å². The quantitative estimate of drug-likeness (QED) is 0.773. The molecule has 19 heavy (non-hydrogen) atoms. The fraction of sp³-hybridized carbons (Fsp3) is 0.647. The van der Waals surface area contributed by atoms with Crippen LogP contribution in [0.1, 0.15) is 43.4 Å². The Morgan fingerprint density at radius 3 is 2.42 bits per heavy atom. The molecule has 0 amide bonds. The normalized spacial score (nSPS) is 14.4. The first-order valence-corrected chi connectivity index (χ1v) is 7.44. The molecule has 0 aliphatic carbocycles. The van der Waals surface area contributed by atoms with E-state index in [1.54, 1.807) is 0 Å². The molecule has 1 N–H and O–H groups in total. The third-order valence-corrected chi connectivity index (χ3v) is 3.82. The van der Waals surface area contributed by atoms with Gasteiger partial charge in [0.25, 0.3) is 0 Å². The highest BCUT2D eigenvalue weighted by Crippen LogP contribution is 2.15. The van der Waals surface area contributed by atoms with E-state index in [0.717, 1.165) is 25.8 Å². The standard InChI is InChI=1S/C17H29NO/c1-6-8-17(19-5)16(18-7-2)12-15-10-9-13(3)14(4)11-15/h9-11,16-18H,6-8,12H2,1-5H3. The van der Waals surface area contributed by atoms with Gasteiger partial charge in [0.15, 0.2) is 0 Å². The molecule has 0 saturated carbocycles. The van der Waals surface area contributed by atoms with Crippen molar-refractivity contribution in [3.63, 3.8) is 0 Å². The molecule has 0 spiro atoms. The molecular weight excluding hydrogens is 234 g/mol. The van der Waals surface area contributed by atoms with Gasteiger partial charge < -0.3 is 10.1 Å². The fourth-order valence-electron chi connectivity index (χ4n) is 2.55. The van der Waals surface area contributed by atoms with Crippen molar-refractivity contribution in [1.82, 2.24) is 5.32 Å². The van der Waals surface area contributed by atoms with Crippen molar-refractivity contribution < 1.29 is 4.74 Å². The molecule has 0 bridgehead atoms. The molecule has 108 valence electrons. The van der Waals surface area contributed by atoms with Gasteiger partial charge in [0.05, 0.1) is 6.10 Å². The summed E-state index contributed by atoms with van der Waals surface area (Å²) in [5.41, 5.74) is 4.13. The Morgan fingerprint density at radius 1 is 1.16 bits per heavy atom. The van der Waals surface area contributed by atoms with Crippen LogP contribution in [0.2, 0.25) is 0 Å². The van der Waals surface area contributed by atoms with Crippen molar-refractivity contribution >= 4 is 0 Å². The molecule has 0 heterocycles. The van der Waals surface area contributed by atoms with E-state index in [2.05, 4.69) is 51.2 Å². The van der Waals surface area contributed by atoms with Gasteiger partial charge >= 0.3 is 0 Å². The third-order valence-electron chi connectivity index (χ3n) is 3.82. The lowest BCUT2D eigenvalue weighted by Gasteiger charge is -2.27. The molecule has 1 rings (SSSR count). The molecule has 2 atom stereocenters. The van der Waals surface area contributed by atoms with Crippen LogP contribution in [0.5, 0.6) is 0 Å². The number of hydrogen-bond acceptors (Lipinski definition) is 2. The van der Waals surface area contributed by atoms with Crippen LogP contribution in [-0.4, -0.2) is 25.8 Å². The second-order valence-electron chi connectivity index (χ2n) is 5.35. The number of likely N-dealkylation sites (N-methyl/N-ethyl adjacent to an activating group) is 1. The molecule has 2 nitrogen and oxygen atoms in total. The van der Waals surface area contributed by atoms with E-state index in [9.17, 15) is 0 Å². The van der Waals surface area contributed by atoms with Crippen LogP contribution in [0.25, 0.3) is 0 Å².